The van der Waals surface area contributed by atoms with E-state index in [2.05, 4.69) is 216 Å². The van der Waals surface area contributed by atoms with Crippen molar-refractivity contribution < 1.29 is 0 Å². The highest BCUT2D eigenvalue weighted by molar-refractivity contribution is 7.26. The number of benzene rings is 9. The van der Waals surface area contributed by atoms with Crippen LogP contribution in [0.4, 0.5) is 0 Å². The SMILES string of the molecule is Cc1ccc(CC(c2cccc3c2sc2ccccc23)C(C)c2ccc3c(c2)C(C)(C)c2cc(CCC(Cc4ccccc4)c4cccc5ccccc45)c4ccccc4c2-3)cc1. The van der Waals surface area contributed by atoms with E-state index in [1.807, 2.05) is 11.3 Å². The molecule has 3 unspecified atom stereocenters. The van der Waals surface area contributed by atoms with Gasteiger partial charge in [-0.05, 0) is 134 Å². The molecule has 0 nitrogen and oxygen atoms in total. The lowest BCUT2D eigenvalue weighted by Crippen LogP contribution is -2.17. The second kappa shape index (κ2) is 16.1. The summed E-state index contributed by atoms with van der Waals surface area (Å²) in [6, 6.07) is 71.5. The predicted molar refractivity (Wildman–Crippen MR) is 272 cm³/mol. The lowest BCUT2D eigenvalue weighted by Gasteiger charge is -2.28. The van der Waals surface area contributed by atoms with Gasteiger partial charge >= 0.3 is 0 Å². The van der Waals surface area contributed by atoms with Gasteiger partial charge in [-0.3, -0.25) is 0 Å². The van der Waals surface area contributed by atoms with Crippen molar-refractivity contribution in [2.45, 2.75) is 76.5 Å². The minimum absolute atomic E-state index is 0.143. The molecule has 1 heteroatoms. The van der Waals surface area contributed by atoms with Crippen molar-refractivity contribution in [3.8, 4) is 11.1 Å². The molecule has 11 rings (SSSR count). The molecular formula is C62H54S. The average Bonchev–Trinajstić information content (AvgIpc) is 3.81. The van der Waals surface area contributed by atoms with Crippen LogP contribution in [0.15, 0.2) is 188 Å². The van der Waals surface area contributed by atoms with Gasteiger partial charge in [-0.25, -0.2) is 0 Å². The van der Waals surface area contributed by atoms with Crippen LogP contribution in [-0.4, -0.2) is 0 Å². The van der Waals surface area contributed by atoms with Crippen molar-refractivity contribution in [3.63, 3.8) is 0 Å². The lowest BCUT2D eigenvalue weighted by atomic mass is 9.76. The molecule has 1 aliphatic carbocycles. The summed E-state index contributed by atoms with van der Waals surface area (Å²) in [6.07, 6.45) is 4.12. The van der Waals surface area contributed by atoms with E-state index >= 15 is 0 Å². The van der Waals surface area contributed by atoms with Gasteiger partial charge in [0.25, 0.3) is 0 Å². The fourth-order valence-corrected chi connectivity index (χ4v) is 12.5. The number of rotatable bonds is 11. The summed E-state index contributed by atoms with van der Waals surface area (Å²) in [5.74, 6) is 1.01. The Bertz CT molecular complexity index is 3290. The maximum absolute atomic E-state index is 2.60. The quantitative estimate of drug-likeness (QED) is 0.122. The predicted octanol–water partition coefficient (Wildman–Crippen LogP) is 17.1. The van der Waals surface area contributed by atoms with Crippen LogP contribution in [0.2, 0.25) is 0 Å². The molecule has 0 saturated heterocycles. The normalized spacial score (nSPS) is 14.5. The van der Waals surface area contributed by atoms with E-state index in [9.17, 15) is 0 Å². The first kappa shape index (κ1) is 39.6. The van der Waals surface area contributed by atoms with E-state index in [1.54, 1.807) is 0 Å². The van der Waals surface area contributed by atoms with Crippen LogP contribution in [0, 0.1) is 6.92 Å². The van der Waals surface area contributed by atoms with Gasteiger partial charge in [0.15, 0.2) is 0 Å². The first-order valence-corrected chi connectivity index (χ1v) is 23.8. The van der Waals surface area contributed by atoms with E-state index in [1.165, 1.54) is 103 Å². The van der Waals surface area contributed by atoms with Crippen molar-refractivity contribution in [2.75, 3.05) is 0 Å². The Morgan fingerprint density at radius 2 is 1.17 bits per heavy atom. The molecule has 0 spiro atoms. The zero-order valence-electron chi connectivity index (χ0n) is 36.9. The van der Waals surface area contributed by atoms with Crippen LogP contribution in [0.1, 0.15) is 95.0 Å². The highest BCUT2D eigenvalue weighted by Crippen LogP contribution is 2.54. The van der Waals surface area contributed by atoms with E-state index < -0.39 is 0 Å². The summed E-state index contributed by atoms with van der Waals surface area (Å²) in [5.41, 5.74) is 15.5. The summed E-state index contributed by atoms with van der Waals surface area (Å²) >= 11 is 1.96. The third kappa shape index (κ3) is 7.08. The fraction of sp³-hybridized carbons (Fsp3) is 0.194. The number of hydrogen-bond acceptors (Lipinski definition) is 1. The first-order valence-electron chi connectivity index (χ1n) is 23.0. The third-order valence-corrected chi connectivity index (χ3v) is 15.9. The largest absolute Gasteiger partial charge is 0.135 e. The van der Waals surface area contributed by atoms with Crippen molar-refractivity contribution in [1.29, 1.82) is 0 Å². The van der Waals surface area contributed by atoms with Crippen molar-refractivity contribution in [2.24, 2.45) is 0 Å². The molecule has 0 fully saturated rings. The molecule has 0 aliphatic heterocycles. The maximum Gasteiger partial charge on any atom is 0.0390 e. The lowest BCUT2D eigenvalue weighted by molar-refractivity contribution is 0.573. The van der Waals surface area contributed by atoms with E-state index in [-0.39, 0.29) is 5.41 Å². The molecule has 9 aromatic carbocycles. The van der Waals surface area contributed by atoms with E-state index in [0.717, 1.165) is 25.7 Å². The van der Waals surface area contributed by atoms with Gasteiger partial charge < -0.3 is 0 Å². The molecule has 0 N–H and O–H groups in total. The van der Waals surface area contributed by atoms with Crippen LogP contribution in [0.5, 0.6) is 0 Å². The van der Waals surface area contributed by atoms with E-state index in [0.29, 0.717) is 17.8 Å². The molecular weight excluding hydrogens is 777 g/mol. The van der Waals surface area contributed by atoms with Gasteiger partial charge in [0.05, 0.1) is 0 Å². The molecule has 0 saturated carbocycles. The zero-order valence-corrected chi connectivity index (χ0v) is 37.7. The molecule has 3 atom stereocenters. The summed E-state index contributed by atoms with van der Waals surface area (Å²) in [5, 5.41) is 8.22. The molecule has 0 radical (unpaired) electrons. The summed E-state index contributed by atoms with van der Waals surface area (Å²) in [4.78, 5) is 0. The van der Waals surface area contributed by atoms with Crippen molar-refractivity contribution >= 4 is 53.1 Å². The molecule has 63 heavy (non-hydrogen) atoms. The Labute approximate surface area is 376 Å². The minimum atomic E-state index is -0.143. The van der Waals surface area contributed by atoms with Crippen LogP contribution in [0.3, 0.4) is 0 Å². The van der Waals surface area contributed by atoms with Crippen LogP contribution >= 0.6 is 11.3 Å². The average molecular weight is 831 g/mol. The molecule has 0 bridgehead atoms. The maximum atomic E-state index is 2.60. The Morgan fingerprint density at radius 1 is 0.524 bits per heavy atom. The molecule has 1 aromatic heterocycles. The molecule has 308 valence electrons. The number of hydrogen-bond donors (Lipinski definition) is 0. The van der Waals surface area contributed by atoms with Gasteiger partial charge in [-0.15, -0.1) is 11.3 Å². The number of aryl methyl sites for hydroxylation is 2. The first-order chi connectivity index (χ1) is 30.8. The third-order valence-electron chi connectivity index (χ3n) is 14.7. The Balaban J connectivity index is 0.975. The Kier molecular flexibility index (Phi) is 10.1. The number of thiophene rings is 1. The fourth-order valence-electron chi connectivity index (χ4n) is 11.2. The molecule has 1 aliphatic rings. The second-order valence-electron chi connectivity index (χ2n) is 18.8. The Morgan fingerprint density at radius 3 is 2.00 bits per heavy atom. The standard InChI is InChI=1S/C62H54S/c1-40-28-30-43(31-29-40)37-56(54-26-15-25-53-51-22-12-13-27-59(51)63-61(53)54)41(2)45-34-35-55-57(38-45)62(3,4)58-39-47(50-21-10-11-23-52(50)60(55)58)33-32-46(36-42-16-6-5-7-17-42)49-24-14-19-44-18-8-9-20-48(44)49/h5-31,34-35,38-39,41,46,56H,32-33,36-37H2,1-4H3. The minimum Gasteiger partial charge on any atom is -0.135 e. The summed E-state index contributed by atoms with van der Waals surface area (Å²) < 4.78 is 2.80. The molecule has 10 aromatic rings. The smallest absolute Gasteiger partial charge is 0.0390 e. The van der Waals surface area contributed by atoms with Gasteiger partial charge in [-0.1, -0.05) is 208 Å². The number of fused-ring (bicyclic) bond motifs is 9. The van der Waals surface area contributed by atoms with Gasteiger partial charge in [0, 0.05) is 25.6 Å². The summed E-state index contributed by atoms with van der Waals surface area (Å²) in [6.45, 7) is 9.62. The summed E-state index contributed by atoms with van der Waals surface area (Å²) in [7, 11) is 0. The molecule has 1 heterocycles. The second-order valence-corrected chi connectivity index (χ2v) is 19.9. The van der Waals surface area contributed by atoms with Crippen LogP contribution in [-0.2, 0) is 24.7 Å². The van der Waals surface area contributed by atoms with Crippen LogP contribution < -0.4 is 0 Å². The van der Waals surface area contributed by atoms with Gasteiger partial charge in [-0.2, -0.15) is 0 Å². The van der Waals surface area contributed by atoms with Gasteiger partial charge in [0.1, 0.15) is 0 Å². The van der Waals surface area contributed by atoms with Crippen molar-refractivity contribution in [3.05, 3.63) is 238 Å². The van der Waals surface area contributed by atoms with Crippen molar-refractivity contribution in [1.82, 2.24) is 0 Å². The highest BCUT2D eigenvalue weighted by Gasteiger charge is 2.38. The Hall–Kier alpha value is -6.28. The zero-order chi connectivity index (χ0) is 42.7. The monoisotopic (exact) mass is 830 g/mol. The topological polar surface area (TPSA) is 0 Å². The van der Waals surface area contributed by atoms with Gasteiger partial charge in [0.2, 0.25) is 0 Å². The highest BCUT2D eigenvalue weighted by atomic mass is 32.1. The van der Waals surface area contributed by atoms with Crippen LogP contribution in [0.25, 0.3) is 52.8 Å². The van der Waals surface area contributed by atoms with E-state index in [4.69, 9.17) is 0 Å². The molecule has 0 amide bonds.